The molecule has 4 atom stereocenters. The largest absolute Gasteiger partial charge is 0.469 e. The molecule has 2 aliphatic rings. The number of carbonyl (C=O) groups excluding carboxylic acids is 2. The number of methoxy groups -OCH3 is 2. The molecule has 1 saturated carbocycles. The molecule has 0 amide bonds. The summed E-state index contributed by atoms with van der Waals surface area (Å²) in [5, 5.41) is 0. The predicted molar refractivity (Wildman–Crippen MR) is 48.9 cm³/mol. The molecular weight excluding hydrogens is 200 g/mol. The minimum atomic E-state index is -0.411. The van der Waals surface area contributed by atoms with E-state index in [9.17, 15) is 9.59 Å². The summed E-state index contributed by atoms with van der Waals surface area (Å²) in [7, 11) is 2.66. The quantitative estimate of drug-likeness (QED) is 0.482. The van der Waals surface area contributed by atoms with Gasteiger partial charge in [0.15, 0.2) is 0 Å². The molecular formula is C10H14O5. The van der Waals surface area contributed by atoms with Crippen LogP contribution in [-0.2, 0) is 23.8 Å². The molecule has 1 aliphatic heterocycles. The van der Waals surface area contributed by atoms with E-state index in [-0.39, 0.29) is 24.1 Å². The lowest BCUT2D eigenvalue weighted by Crippen LogP contribution is -2.36. The Balaban J connectivity index is 2.09. The van der Waals surface area contributed by atoms with Crippen molar-refractivity contribution in [2.24, 2.45) is 11.8 Å². The highest BCUT2D eigenvalue weighted by Gasteiger charge is 2.53. The first-order chi connectivity index (χ1) is 7.17. The predicted octanol–water partition coefficient (Wildman–Crippen LogP) is 0.126. The number of fused-ring (bicyclic) bond motifs is 1. The van der Waals surface area contributed by atoms with E-state index in [2.05, 4.69) is 9.47 Å². The molecule has 84 valence electrons. The molecule has 1 heterocycles. The fourth-order valence-electron chi connectivity index (χ4n) is 2.25. The minimum Gasteiger partial charge on any atom is -0.469 e. The molecule has 1 saturated heterocycles. The average molecular weight is 214 g/mol. The van der Waals surface area contributed by atoms with Crippen molar-refractivity contribution in [1.29, 1.82) is 0 Å². The maximum Gasteiger partial charge on any atom is 0.309 e. The third kappa shape index (κ3) is 1.84. The lowest BCUT2D eigenvalue weighted by atomic mass is 9.79. The number of epoxide rings is 1. The second-order valence-corrected chi connectivity index (χ2v) is 3.94. The van der Waals surface area contributed by atoms with Gasteiger partial charge in [0.1, 0.15) is 0 Å². The van der Waals surface area contributed by atoms with Crippen molar-refractivity contribution in [2.75, 3.05) is 14.2 Å². The van der Waals surface area contributed by atoms with Crippen molar-refractivity contribution in [3.63, 3.8) is 0 Å². The Bertz CT molecular complexity index is 260. The Kier molecular flexibility index (Phi) is 2.65. The SMILES string of the molecule is COC(=O)[C@H]1C[C@@H]2O[C@@H]2C[C@H]1C(=O)OC. The molecule has 0 bridgehead atoms. The number of carbonyl (C=O) groups is 2. The Labute approximate surface area is 87.7 Å². The zero-order valence-electron chi connectivity index (χ0n) is 8.76. The summed E-state index contributed by atoms with van der Waals surface area (Å²) in [5.74, 6) is -1.52. The summed E-state index contributed by atoms with van der Waals surface area (Å²) in [6.07, 6.45) is 1.40. The molecule has 2 rings (SSSR count). The van der Waals surface area contributed by atoms with E-state index < -0.39 is 11.8 Å². The van der Waals surface area contributed by atoms with E-state index in [1.165, 1.54) is 14.2 Å². The smallest absolute Gasteiger partial charge is 0.309 e. The first-order valence-electron chi connectivity index (χ1n) is 4.98. The Hall–Kier alpha value is -1.10. The van der Waals surface area contributed by atoms with Gasteiger partial charge in [-0.3, -0.25) is 9.59 Å². The fourth-order valence-corrected chi connectivity index (χ4v) is 2.25. The van der Waals surface area contributed by atoms with Crippen LogP contribution in [0.4, 0.5) is 0 Å². The standard InChI is InChI=1S/C10H14O5/c1-13-9(11)5-3-7-8(15-7)4-6(5)10(12)14-2/h5-8H,3-4H2,1-2H3/t5-,6+,7-,8+. The number of esters is 2. The highest BCUT2D eigenvalue weighted by atomic mass is 16.6. The van der Waals surface area contributed by atoms with E-state index in [0.29, 0.717) is 12.8 Å². The lowest BCUT2D eigenvalue weighted by Gasteiger charge is -2.24. The van der Waals surface area contributed by atoms with Crippen molar-refractivity contribution >= 4 is 11.9 Å². The van der Waals surface area contributed by atoms with Crippen LogP contribution in [0.15, 0.2) is 0 Å². The van der Waals surface area contributed by atoms with Crippen molar-refractivity contribution in [3.8, 4) is 0 Å². The second-order valence-electron chi connectivity index (χ2n) is 3.94. The van der Waals surface area contributed by atoms with Crippen LogP contribution in [-0.4, -0.2) is 38.4 Å². The average Bonchev–Trinajstić information content (AvgIpc) is 3.03. The van der Waals surface area contributed by atoms with Crippen LogP contribution in [0.25, 0.3) is 0 Å². The summed E-state index contributed by atoms with van der Waals surface area (Å²) >= 11 is 0. The van der Waals surface area contributed by atoms with Gasteiger partial charge in [-0.15, -0.1) is 0 Å². The summed E-state index contributed by atoms with van der Waals surface area (Å²) in [4.78, 5) is 23.0. The van der Waals surface area contributed by atoms with E-state index >= 15 is 0 Å². The summed E-state index contributed by atoms with van der Waals surface area (Å²) in [6.45, 7) is 0. The normalized spacial score (nSPS) is 37.7. The summed E-state index contributed by atoms with van der Waals surface area (Å²) < 4.78 is 14.7. The molecule has 0 N–H and O–H groups in total. The van der Waals surface area contributed by atoms with Gasteiger partial charge in [0.2, 0.25) is 0 Å². The van der Waals surface area contributed by atoms with E-state index in [4.69, 9.17) is 4.74 Å². The molecule has 0 aromatic heterocycles. The van der Waals surface area contributed by atoms with Gasteiger partial charge < -0.3 is 14.2 Å². The van der Waals surface area contributed by atoms with Gasteiger partial charge >= 0.3 is 11.9 Å². The van der Waals surface area contributed by atoms with E-state index in [1.54, 1.807) is 0 Å². The molecule has 0 spiro atoms. The Morgan fingerprint density at radius 2 is 1.40 bits per heavy atom. The van der Waals surface area contributed by atoms with Crippen LogP contribution in [0.1, 0.15) is 12.8 Å². The van der Waals surface area contributed by atoms with E-state index in [1.807, 2.05) is 0 Å². The van der Waals surface area contributed by atoms with Crippen LogP contribution in [0, 0.1) is 11.8 Å². The lowest BCUT2D eigenvalue weighted by molar-refractivity contribution is -0.158. The van der Waals surface area contributed by atoms with Crippen LogP contribution in [0.5, 0.6) is 0 Å². The second kappa shape index (κ2) is 3.81. The van der Waals surface area contributed by atoms with Crippen molar-refractivity contribution in [1.82, 2.24) is 0 Å². The maximum atomic E-state index is 11.5. The number of hydrogen-bond acceptors (Lipinski definition) is 5. The monoisotopic (exact) mass is 214 g/mol. The molecule has 0 aromatic rings. The first-order valence-corrected chi connectivity index (χ1v) is 4.98. The Morgan fingerprint density at radius 3 is 1.73 bits per heavy atom. The number of hydrogen-bond donors (Lipinski definition) is 0. The minimum absolute atomic E-state index is 0.134. The molecule has 0 aromatic carbocycles. The molecule has 15 heavy (non-hydrogen) atoms. The molecule has 0 radical (unpaired) electrons. The van der Waals surface area contributed by atoms with Crippen LogP contribution < -0.4 is 0 Å². The third-order valence-corrected chi connectivity index (χ3v) is 3.15. The van der Waals surface area contributed by atoms with Gasteiger partial charge in [0.05, 0.1) is 38.3 Å². The zero-order valence-corrected chi connectivity index (χ0v) is 8.76. The van der Waals surface area contributed by atoms with Gasteiger partial charge in [-0.05, 0) is 12.8 Å². The number of rotatable bonds is 2. The summed E-state index contributed by atoms with van der Waals surface area (Å²) in [5.41, 5.74) is 0. The van der Waals surface area contributed by atoms with Gasteiger partial charge in [-0.2, -0.15) is 0 Å². The molecule has 5 heteroatoms. The van der Waals surface area contributed by atoms with Gasteiger partial charge in [-0.25, -0.2) is 0 Å². The Morgan fingerprint density at radius 1 is 1.00 bits per heavy atom. The zero-order chi connectivity index (χ0) is 11.0. The molecule has 0 unspecified atom stereocenters. The first kappa shape index (κ1) is 10.4. The molecule has 5 nitrogen and oxygen atoms in total. The van der Waals surface area contributed by atoms with E-state index in [0.717, 1.165) is 0 Å². The highest BCUT2D eigenvalue weighted by Crippen LogP contribution is 2.43. The van der Waals surface area contributed by atoms with Gasteiger partial charge in [-0.1, -0.05) is 0 Å². The topological polar surface area (TPSA) is 65.1 Å². The van der Waals surface area contributed by atoms with Gasteiger partial charge in [0.25, 0.3) is 0 Å². The van der Waals surface area contributed by atoms with Crippen LogP contribution in [0.3, 0.4) is 0 Å². The highest BCUT2D eigenvalue weighted by molar-refractivity contribution is 5.82. The summed E-state index contributed by atoms with van der Waals surface area (Å²) in [6, 6.07) is 0. The maximum absolute atomic E-state index is 11.5. The molecule has 2 fully saturated rings. The molecule has 1 aliphatic carbocycles. The van der Waals surface area contributed by atoms with Gasteiger partial charge in [0, 0.05) is 0 Å². The van der Waals surface area contributed by atoms with Crippen molar-refractivity contribution in [2.45, 2.75) is 25.0 Å². The fraction of sp³-hybridized carbons (Fsp3) is 0.800. The van der Waals surface area contributed by atoms with Crippen molar-refractivity contribution in [3.05, 3.63) is 0 Å². The van der Waals surface area contributed by atoms with Crippen molar-refractivity contribution < 1.29 is 23.8 Å². The number of ether oxygens (including phenoxy) is 3. The van der Waals surface area contributed by atoms with Crippen LogP contribution in [0.2, 0.25) is 0 Å². The van der Waals surface area contributed by atoms with Crippen LogP contribution >= 0.6 is 0 Å². The third-order valence-electron chi connectivity index (χ3n) is 3.15.